The van der Waals surface area contributed by atoms with Crippen LogP contribution < -0.4 is 5.32 Å². The molecule has 0 radical (unpaired) electrons. The minimum atomic E-state index is 0.365. The molecular formula is C14H28N2O. The highest BCUT2D eigenvalue weighted by Crippen LogP contribution is 2.25. The van der Waals surface area contributed by atoms with Crippen molar-refractivity contribution in [2.75, 3.05) is 26.2 Å². The summed E-state index contributed by atoms with van der Waals surface area (Å²) in [6.45, 7) is 10.6. The molecule has 100 valence electrons. The number of nitrogens with zero attached hydrogens (tertiary/aromatic N) is 1. The molecule has 0 aliphatic carbocycles. The molecule has 17 heavy (non-hydrogen) atoms. The summed E-state index contributed by atoms with van der Waals surface area (Å²) in [5.74, 6) is 1.81. The highest BCUT2D eigenvalue weighted by Gasteiger charge is 2.23. The minimum Gasteiger partial charge on any atom is -0.343 e. The Labute approximate surface area is 106 Å². The van der Waals surface area contributed by atoms with Gasteiger partial charge in [0.05, 0.1) is 0 Å². The van der Waals surface area contributed by atoms with E-state index in [2.05, 4.69) is 31.0 Å². The Morgan fingerprint density at radius 1 is 1.41 bits per heavy atom. The Kier molecular flexibility index (Phi) is 6.56. The quantitative estimate of drug-likeness (QED) is 0.722. The lowest BCUT2D eigenvalue weighted by atomic mass is 9.89. The minimum absolute atomic E-state index is 0.365. The van der Waals surface area contributed by atoms with Gasteiger partial charge in [-0.1, -0.05) is 20.8 Å². The first kappa shape index (κ1) is 14.5. The van der Waals surface area contributed by atoms with Crippen molar-refractivity contribution < 1.29 is 4.79 Å². The van der Waals surface area contributed by atoms with Crippen LogP contribution in [0.5, 0.6) is 0 Å². The number of carbonyl (C=O) groups excluding carboxylic acids is 1. The van der Waals surface area contributed by atoms with Gasteiger partial charge in [0.15, 0.2) is 0 Å². The molecule has 0 aromatic carbocycles. The van der Waals surface area contributed by atoms with E-state index < -0.39 is 0 Å². The Bertz CT molecular complexity index is 228. The van der Waals surface area contributed by atoms with E-state index in [1.54, 1.807) is 0 Å². The summed E-state index contributed by atoms with van der Waals surface area (Å²) in [6.07, 6.45) is 4.10. The van der Waals surface area contributed by atoms with Crippen LogP contribution in [-0.4, -0.2) is 37.0 Å². The molecule has 1 saturated heterocycles. The van der Waals surface area contributed by atoms with Crippen molar-refractivity contribution in [1.82, 2.24) is 10.2 Å². The van der Waals surface area contributed by atoms with E-state index in [4.69, 9.17) is 0 Å². The Hall–Kier alpha value is -0.570. The number of nitrogens with one attached hydrogen (secondary N) is 1. The van der Waals surface area contributed by atoms with Gasteiger partial charge in [-0.2, -0.15) is 0 Å². The van der Waals surface area contributed by atoms with Crippen molar-refractivity contribution in [3.8, 4) is 0 Å². The molecule has 1 heterocycles. The zero-order chi connectivity index (χ0) is 12.7. The van der Waals surface area contributed by atoms with E-state index in [0.717, 1.165) is 51.4 Å². The van der Waals surface area contributed by atoms with E-state index in [0.29, 0.717) is 11.8 Å². The third kappa shape index (κ3) is 5.07. The molecule has 0 bridgehead atoms. The Morgan fingerprint density at radius 2 is 2.18 bits per heavy atom. The smallest absolute Gasteiger partial charge is 0.222 e. The molecule has 1 N–H and O–H groups in total. The fraction of sp³-hybridized carbons (Fsp3) is 0.929. The van der Waals surface area contributed by atoms with Gasteiger partial charge in [0.2, 0.25) is 5.91 Å². The van der Waals surface area contributed by atoms with E-state index in [1.165, 1.54) is 6.42 Å². The van der Waals surface area contributed by atoms with E-state index in [1.807, 2.05) is 0 Å². The van der Waals surface area contributed by atoms with Gasteiger partial charge in [-0.05, 0) is 44.2 Å². The van der Waals surface area contributed by atoms with Crippen LogP contribution in [-0.2, 0) is 4.79 Å². The zero-order valence-electron chi connectivity index (χ0n) is 11.7. The third-order valence-electron chi connectivity index (χ3n) is 3.83. The number of hydrogen-bond acceptors (Lipinski definition) is 2. The second-order valence-corrected chi connectivity index (χ2v) is 5.42. The van der Waals surface area contributed by atoms with Gasteiger partial charge >= 0.3 is 0 Å². The van der Waals surface area contributed by atoms with Gasteiger partial charge in [-0.15, -0.1) is 0 Å². The van der Waals surface area contributed by atoms with Crippen LogP contribution in [0.15, 0.2) is 0 Å². The molecule has 3 nitrogen and oxygen atoms in total. The van der Waals surface area contributed by atoms with Crippen LogP contribution in [0.2, 0.25) is 0 Å². The molecule has 0 aromatic rings. The Morgan fingerprint density at radius 3 is 2.82 bits per heavy atom. The number of amides is 1. The van der Waals surface area contributed by atoms with E-state index in [9.17, 15) is 4.79 Å². The topological polar surface area (TPSA) is 32.3 Å². The lowest BCUT2D eigenvalue weighted by Gasteiger charge is -2.21. The van der Waals surface area contributed by atoms with Crippen molar-refractivity contribution in [2.24, 2.45) is 11.8 Å². The van der Waals surface area contributed by atoms with Gasteiger partial charge in [0.25, 0.3) is 0 Å². The van der Waals surface area contributed by atoms with Crippen LogP contribution in [0, 0.1) is 11.8 Å². The number of rotatable bonds is 6. The second kappa shape index (κ2) is 7.70. The normalized spacial score (nSPS) is 22.0. The maximum Gasteiger partial charge on any atom is 0.222 e. The summed E-state index contributed by atoms with van der Waals surface area (Å²) in [7, 11) is 0. The summed E-state index contributed by atoms with van der Waals surface area (Å²) < 4.78 is 0. The fourth-order valence-corrected chi connectivity index (χ4v) is 2.53. The van der Waals surface area contributed by atoms with E-state index >= 15 is 0 Å². The largest absolute Gasteiger partial charge is 0.343 e. The molecule has 1 atom stereocenters. The van der Waals surface area contributed by atoms with Gasteiger partial charge in [0.1, 0.15) is 0 Å². The highest BCUT2D eigenvalue weighted by molar-refractivity contribution is 5.76. The molecular weight excluding hydrogens is 212 g/mol. The molecule has 1 aliphatic heterocycles. The van der Waals surface area contributed by atoms with Gasteiger partial charge in [-0.3, -0.25) is 4.79 Å². The molecule has 0 aromatic heterocycles. The fourth-order valence-electron chi connectivity index (χ4n) is 2.53. The first-order valence-electron chi connectivity index (χ1n) is 7.13. The number of likely N-dealkylation sites (tertiary alicyclic amines) is 1. The van der Waals surface area contributed by atoms with Gasteiger partial charge < -0.3 is 10.2 Å². The van der Waals surface area contributed by atoms with Crippen molar-refractivity contribution in [2.45, 2.75) is 46.5 Å². The van der Waals surface area contributed by atoms with Crippen LogP contribution in [0.3, 0.4) is 0 Å². The summed E-state index contributed by atoms with van der Waals surface area (Å²) in [5.41, 5.74) is 0. The molecule has 1 amide bonds. The first-order valence-corrected chi connectivity index (χ1v) is 7.13. The summed E-state index contributed by atoms with van der Waals surface area (Å²) in [6, 6.07) is 0. The number of carbonyl (C=O) groups is 1. The highest BCUT2D eigenvalue weighted by atomic mass is 16.2. The van der Waals surface area contributed by atoms with Crippen LogP contribution in [0.4, 0.5) is 0 Å². The zero-order valence-corrected chi connectivity index (χ0v) is 11.7. The monoisotopic (exact) mass is 240 g/mol. The molecule has 0 spiro atoms. The van der Waals surface area contributed by atoms with Crippen molar-refractivity contribution in [3.63, 3.8) is 0 Å². The molecule has 1 unspecified atom stereocenters. The standard InChI is InChI=1S/C14H28N2O/c1-4-15-9-5-10-16-11-8-13(12(2)3)6-7-14(16)17/h12-13,15H,4-11H2,1-3H3. The van der Waals surface area contributed by atoms with Crippen LogP contribution in [0.1, 0.15) is 46.5 Å². The second-order valence-electron chi connectivity index (χ2n) is 5.42. The van der Waals surface area contributed by atoms with Crippen molar-refractivity contribution >= 4 is 5.91 Å². The third-order valence-corrected chi connectivity index (χ3v) is 3.83. The van der Waals surface area contributed by atoms with Crippen molar-refractivity contribution in [3.05, 3.63) is 0 Å². The van der Waals surface area contributed by atoms with Gasteiger partial charge in [-0.25, -0.2) is 0 Å². The van der Waals surface area contributed by atoms with Gasteiger partial charge in [0, 0.05) is 19.5 Å². The Balaban J connectivity index is 2.32. The van der Waals surface area contributed by atoms with Crippen LogP contribution >= 0.6 is 0 Å². The lowest BCUT2D eigenvalue weighted by molar-refractivity contribution is -0.130. The average molecular weight is 240 g/mol. The van der Waals surface area contributed by atoms with Crippen molar-refractivity contribution in [1.29, 1.82) is 0 Å². The molecule has 1 aliphatic rings. The molecule has 3 heteroatoms. The lowest BCUT2D eigenvalue weighted by Crippen LogP contribution is -2.33. The first-order chi connectivity index (χ1) is 8.15. The average Bonchev–Trinajstić information content (AvgIpc) is 2.48. The summed E-state index contributed by atoms with van der Waals surface area (Å²) in [5, 5.41) is 3.31. The van der Waals surface area contributed by atoms with Crippen LogP contribution in [0.25, 0.3) is 0 Å². The summed E-state index contributed by atoms with van der Waals surface area (Å²) >= 11 is 0. The molecule has 1 rings (SSSR count). The predicted molar refractivity (Wildman–Crippen MR) is 71.9 cm³/mol. The summed E-state index contributed by atoms with van der Waals surface area (Å²) in [4.78, 5) is 14.0. The maximum atomic E-state index is 12.0. The maximum absolute atomic E-state index is 12.0. The van der Waals surface area contributed by atoms with E-state index in [-0.39, 0.29) is 0 Å². The number of hydrogen-bond donors (Lipinski definition) is 1. The molecule has 1 fully saturated rings. The predicted octanol–water partition coefficient (Wildman–Crippen LogP) is 2.27. The molecule has 0 saturated carbocycles. The SMILES string of the molecule is CCNCCCN1CCC(C(C)C)CCC1=O.